The second kappa shape index (κ2) is 3.85. The van der Waals surface area contributed by atoms with E-state index in [1.54, 1.807) is 10.9 Å². The molecule has 0 spiro atoms. The second-order valence-corrected chi connectivity index (χ2v) is 4.09. The van der Waals surface area contributed by atoms with Crippen molar-refractivity contribution in [3.8, 4) is 0 Å². The van der Waals surface area contributed by atoms with E-state index < -0.39 is 0 Å². The van der Waals surface area contributed by atoms with Gasteiger partial charge in [0.25, 0.3) is 0 Å². The summed E-state index contributed by atoms with van der Waals surface area (Å²) < 4.78 is 1.63. The molecule has 0 amide bonds. The second-order valence-electron chi connectivity index (χ2n) is 4.09. The van der Waals surface area contributed by atoms with Gasteiger partial charge >= 0.3 is 0 Å². The third kappa shape index (κ3) is 1.91. The van der Waals surface area contributed by atoms with Crippen molar-refractivity contribution in [2.45, 2.75) is 20.3 Å². The van der Waals surface area contributed by atoms with Gasteiger partial charge in [0.2, 0.25) is 5.91 Å². The SMILES string of the molecule is CC(C)CC(=O)n1cnc2ccccc21. The average molecular weight is 202 g/mol. The van der Waals surface area contributed by atoms with Crippen molar-refractivity contribution >= 4 is 16.9 Å². The molecular formula is C12H14N2O. The summed E-state index contributed by atoms with van der Waals surface area (Å²) in [7, 11) is 0. The van der Waals surface area contributed by atoms with E-state index in [0.29, 0.717) is 12.3 Å². The van der Waals surface area contributed by atoms with Gasteiger partial charge < -0.3 is 0 Å². The van der Waals surface area contributed by atoms with Crippen molar-refractivity contribution in [1.29, 1.82) is 0 Å². The van der Waals surface area contributed by atoms with Gasteiger partial charge in [-0.1, -0.05) is 26.0 Å². The number of benzene rings is 1. The Labute approximate surface area is 88.7 Å². The number of hydrogen-bond donors (Lipinski definition) is 0. The Balaban J connectivity index is 2.40. The minimum Gasteiger partial charge on any atom is -0.274 e. The molecular weight excluding hydrogens is 188 g/mol. The van der Waals surface area contributed by atoms with Gasteiger partial charge in [0.15, 0.2) is 0 Å². The smallest absolute Gasteiger partial charge is 0.232 e. The Bertz CT molecular complexity index is 485. The lowest BCUT2D eigenvalue weighted by Gasteiger charge is -2.04. The van der Waals surface area contributed by atoms with Gasteiger partial charge in [0.05, 0.1) is 11.0 Å². The van der Waals surface area contributed by atoms with Crippen LogP contribution in [0.3, 0.4) is 0 Å². The van der Waals surface area contributed by atoms with Gasteiger partial charge in [-0.3, -0.25) is 9.36 Å². The molecule has 78 valence electrons. The Kier molecular flexibility index (Phi) is 2.54. The lowest BCUT2D eigenvalue weighted by Crippen LogP contribution is -2.11. The van der Waals surface area contributed by atoms with Crippen molar-refractivity contribution in [1.82, 2.24) is 9.55 Å². The first-order valence-corrected chi connectivity index (χ1v) is 5.14. The highest BCUT2D eigenvalue weighted by atomic mass is 16.2. The van der Waals surface area contributed by atoms with Gasteiger partial charge in [0, 0.05) is 6.42 Å². The predicted octanol–water partition coefficient (Wildman–Crippen LogP) is 2.72. The molecule has 0 aliphatic heterocycles. The Morgan fingerprint density at radius 1 is 1.40 bits per heavy atom. The molecule has 2 rings (SSSR count). The number of aromatic nitrogens is 2. The average Bonchev–Trinajstić information content (AvgIpc) is 2.59. The van der Waals surface area contributed by atoms with E-state index in [2.05, 4.69) is 4.98 Å². The van der Waals surface area contributed by atoms with Gasteiger partial charge in [-0.25, -0.2) is 4.98 Å². The summed E-state index contributed by atoms with van der Waals surface area (Å²) in [5.74, 6) is 0.484. The van der Waals surface area contributed by atoms with Crippen LogP contribution >= 0.6 is 0 Å². The van der Waals surface area contributed by atoms with Crippen LogP contribution in [0.2, 0.25) is 0 Å². The maximum atomic E-state index is 11.9. The van der Waals surface area contributed by atoms with Crippen LogP contribution in [0.1, 0.15) is 25.1 Å². The van der Waals surface area contributed by atoms with Crippen LogP contribution in [0.25, 0.3) is 11.0 Å². The molecule has 0 aliphatic carbocycles. The van der Waals surface area contributed by atoms with Crippen LogP contribution in [-0.4, -0.2) is 15.5 Å². The standard InChI is InChI=1S/C12H14N2O/c1-9(2)7-12(15)14-8-13-10-5-3-4-6-11(10)14/h3-6,8-9H,7H2,1-2H3. The number of carbonyl (C=O) groups is 1. The molecule has 0 unspecified atom stereocenters. The number of carbonyl (C=O) groups excluding carboxylic acids is 1. The summed E-state index contributed by atoms with van der Waals surface area (Å²) in [6, 6.07) is 7.67. The molecule has 3 nitrogen and oxygen atoms in total. The fourth-order valence-corrected chi connectivity index (χ4v) is 1.61. The maximum absolute atomic E-state index is 11.9. The molecule has 3 heteroatoms. The first-order chi connectivity index (χ1) is 7.18. The topological polar surface area (TPSA) is 34.9 Å². The molecule has 1 aromatic heterocycles. The van der Waals surface area contributed by atoms with Crippen molar-refractivity contribution in [3.63, 3.8) is 0 Å². The zero-order valence-electron chi connectivity index (χ0n) is 8.97. The summed E-state index contributed by atoms with van der Waals surface area (Å²) >= 11 is 0. The van der Waals surface area contributed by atoms with Crippen LogP contribution in [0, 0.1) is 5.92 Å². The Morgan fingerprint density at radius 3 is 2.87 bits per heavy atom. The quantitative estimate of drug-likeness (QED) is 0.750. The first-order valence-electron chi connectivity index (χ1n) is 5.14. The largest absolute Gasteiger partial charge is 0.274 e. The number of nitrogens with zero attached hydrogens (tertiary/aromatic N) is 2. The number of para-hydroxylation sites is 2. The number of fused-ring (bicyclic) bond motifs is 1. The molecule has 15 heavy (non-hydrogen) atoms. The third-order valence-electron chi connectivity index (χ3n) is 2.31. The van der Waals surface area contributed by atoms with E-state index in [0.717, 1.165) is 11.0 Å². The molecule has 0 saturated heterocycles. The van der Waals surface area contributed by atoms with Gasteiger partial charge in [-0.05, 0) is 18.1 Å². The third-order valence-corrected chi connectivity index (χ3v) is 2.31. The fraction of sp³-hybridized carbons (Fsp3) is 0.333. The fourth-order valence-electron chi connectivity index (χ4n) is 1.61. The minimum atomic E-state index is 0.110. The monoisotopic (exact) mass is 202 g/mol. The summed E-state index contributed by atoms with van der Waals surface area (Å²) in [6.07, 6.45) is 2.16. The van der Waals surface area contributed by atoms with E-state index in [1.165, 1.54) is 0 Å². The van der Waals surface area contributed by atoms with Gasteiger partial charge in [-0.15, -0.1) is 0 Å². The van der Waals surface area contributed by atoms with E-state index in [1.807, 2.05) is 38.1 Å². The molecule has 0 atom stereocenters. The molecule has 2 aromatic rings. The predicted molar refractivity (Wildman–Crippen MR) is 59.8 cm³/mol. The van der Waals surface area contributed by atoms with E-state index in [4.69, 9.17) is 0 Å². The molecule has 0 saturated carbocycles. The van der Waals surface area contributed by atoms with Crippen LogP contribution < -0.4 is 0 Å². The van der Waals surface area contributed by atoms with Crippen molar-refractivity contribution in [3.05, 3.63) is 30.6 Å². The molecule has 0 N–H and O–H groups in total. The number of hydrogen-bond acceptors (Lipinski definition) is 2. The summed E-state index contributed by atoms with van der Waals surface area (Å²) in [5, 5.41) is 0. The van der Waals surface area contributed by atoms with Gasteiger partial charge in [0.1, 0.15) is 6.33 Å². The van der Waals surface area contributed by atoms with Crippen LogP contribution in [0.15, 0.2) is 30.6 Å². The van der Waals surface area contributed by atoms with Crippen LogP contribution in [0.5, 0.6) is 0 Å². The van der Waals surface area contributed by atoms with Crippen molar-refractivity contribution in [2.24, 2.45) is 5.92 Å². The molecule has 0 fully saturated rings. The summed E-state index contributed by atoms with van der Waals surface area (Å²) in [5.41, 5.74) is 1.76. The summed E-state index contributed by atoms with van der Waals surface area (Å²) in [6.45, 7) is 4.08. The highest BCUT2D eigenvalue weighted by molar-refractivity contribution is 5.90. The highest BCUT2D eigenvalue weighted by Gasteiger charge is 2.10. The molecule has 0 radical (unpaired) electrons. The van der Waals surface area contributed by atoms with E-state index >= 15 is 0 Å². The maximum Gasteiger partial charge on any atom is 0.232 e. The van der Waals surface area contributed by atoms with E-state index in [-0.39, 0.29) is 5.91 Å². The zero-order valence-corrected chi connectivity index (χ0v) is 8.97. The normalized spacial score (nSPS) is 11.1. The van der Waals surface area contributed by atoms with Crippen LogP contribution in [-0.2, 0) is 0 Å². The van der Waals surface area contributed by atoms with Crippen molar-refractivity contribution in [2.75, 3.05) is 0 Å². The minimum absolute atomic E-state index is 0.110. The highest BCUT2D eigenvalue weighted by Crippen LogP contribution is 2.13. The van der Waals surface area contributed by atoms with Crippen molar-refractivity contribution < 1.29 is 4.79 Å². The first kappa shape index (κ1) is 9.90. The zero-order chi connectivity index (χ0) is 10.8. The molecule has 0 bridgehead atoms. The Morgan fingerprint density at radius 2 is 2.13 bits per heavy atom. The Hall–Kier alpha value is -1.64. The van der Waals surface area contributed by atoms with Gasteiger partial charge in [-0.2, -0.15) is 0 Å². The molecule has 0 aliphatic rings. The molecule has 1 heterocycles. The van der Waals surface area contributed by atoms with E-state index in [9.17, 15) is 4.79 Å². The number of rotatable bonds is 2. The van der Waals surface area contributed by atoms with Crippen LogP contribution in [0.4, 0.5) is 0 Å². The summed E-state index contributed by atoms with van der Waals surface area (Å²) in [4.78, 5) is 16.0. The lowest BCUT2D eigenvalue weighted by atomic mass is 10.1. The number of imidazole rings is 1. The molecule has 1 aromatic carbocycles. The lowest BCUT2D eigenvalue weighted by molar-refractivity contribution is 0.0891.